The Morgan fingerprint density at radius 1 is 1.38 bits per heavy atom. The fraction of sp³-hybridized carbons (Fsp3) is 0.571. The molecule has 0 bridgehead atoms. The number of nitrogens with zero attached hydrogens (tertiary/aromatic N) is 1. The molecule has 1 saturated heterocycles. The molecule has 118 valence electrons. The zero-order chi connectivity index (χ0) is 15.3. The Hall–Kier alpha value is -1.31. The number of nitrogens with two attached hydrogens (primary N) is 1. The van der Waals surface area contributed by atoms with Gasteiger partial charge in [0.05, 0.1) is 5.69 Å². The van der Waals surface area contributed by atoms with Gasteiger partial charge in [0.1, 0.15) is 12.4 Å². The molecular weight excluding hydrogens is 290 g/mol. The number of rotatable bonds is 6. The van der Waals surface area contributed by atoms with Gasteiger partial charge in [-0.15, -0.1) is 0 Å². The summed E-state index contributed by atoms with van der Waals surface area (Å²) >= 11 is 0. The predicted octanol–water partition coefficient (Wildman–Crippen LogP) is 1.56. The molecule has 3 N–H and O–H groups in total. The Bertz CT molecular complexity index is 562. The molecule has 0 saturated carbocycles. The summed E-state index contributed by atoms with van der Waals surface area (Å²) < 4.78 is 34.7. The molecule has 0 aliphatic carbocycles. The van der Waals surface area contributed by atoms with Crippen LogP contribution in [0.25, 0.3) is 0 Å². The van der Waals surface area contributed by atoms with Crippen LogP contribution in [0.3, 0.4) is 0 Å². The number of hydrogen-bond donors (Lipinski definition) is 2. The van der Waals surface area contributed by atoms with Gasteiger partial charge in [0.2, 0.25) is 0 Å². The van der Waals surface area contributed by atoms with Gasteiger partial charge in [0, 0.05) is 19.1 Å². The Balaban J connectivity index is 2.16. The van der Waals surface area contributed by atoms with Gasteiger partial charge in [-0.25, -0.2) is 0 Å². The van der Waals surface area contributed by atoms with Crippen molar-refractivity contribution in [2.75, 3.05) is 24.4 Å². The normalized spacial score (nSPS) is 20.2. The Kier molecular flexibility index (Phi) is 5.44. The van der Waals surface area contributed by atoms with Crippen LogP contribution in [0.4, 0.5) is 5.69 Å². The van der Waals surface area contributed by atoms with E-state index in [2.05, 4.69) is 4.72 Å². The zero-order valence-corrected chi connectivity index (χ0v) is 13.1. The van der Waals surface area contributed by atoms with Gasteiger partial charge in [-0.05, 0) is 31.9 Å². The molecular formula is C14H23N3O3S. The first-order valence-corrected chi connectivity index (χ1v) is 8.70. The largest absolute Gasteiger partial charge is 0.490 e. The topological polar surface area (TPSA) is 84.7 Å². The van der Waals surface area contributed by atoms with E-state index in [9.17, 15) is 8.42 Å². The van der Waals surface area contributed by atoms with Crippen LogP contribution in [0.1, 0.15) is 26.2 Å². The Morgan fingerprint density at radius 2 is 2.14 bits per heavy atom. The molecule has 1 fully saturated rings. The van der Waals surface area contributed by atoms with Gasteiger partial charge < -0.3 is 10.5 Å². The summed E-state index contributed by atoms with van der Waals surface area (Å²) in [4.78, 5) is 0. The highest BCUT2D eigenvalue weighted by Gasteiger charge is 2.29. The molecule has 7 heteroatoms. The summed E-state index contributed by atoms with van der Waals surface area (Å²) in [5.74, 6) is 0.496. The molecule has 1 heterocycles. The maximum absolute atomic E-state index is 12.5. The first kappa shape index (κ1) is 16.1. The van der Waals surface area contributed by atoms with Crippen LogP contribution in [0.5, 0.6) is 5.75 Å². The third kappa shape index (κ3) is 4.09. The molecule has 1 aliphatic rings. The van der Waals surface area contributed by atoms with E-state index in [1.807, 2.05) is 6.92 Å². The van der Waals surface area contributed by atoms with E-state index >= 15 is 0 Å². The van der Waals surface area contributed by atoms with E-state index in [0.29, 0.717) is 31.1 Å². The molecule has 0 aromatic heterocycles. The second-order valence-corrected chi connectivity index (χ2v) is 6.82. The number of piperidine rings is 1. The molecule has 6 nitrogen and oxygen atoms in total. The van der Waals surface area contributed by atoms with E-state index in [1.165, 1.54) is 4.31 Å². The SMILES string of the molecule is CC1CCCCN1S(=O)(=O)Nc1ccccc1OCCN. The molecule has 1 aromatic carbocycles. The summed E-state index contributed by atoms with van der Waals surface area (Å²) in [5, 5.41) is 0. The summed E-state index contributed by atoms with van der Waals surface area (Å²) in [7, 11) is -3.56. The summed E-state index contributed by atoms with van der Waals surface area (Å²) in [6, 6.07) is 7.01. The van der Waals surface area contributed by atoms with Crippen molar-refractivity contribution in [3.8, 4) is 5.75 Å². The number of nitrogens with one attached hydrogen (secondary N) is 1. The van der Waals surface area contributed by atoms with Crippen LogP contribution >= 0.6 is 0 Å². The number of anilines is 1. The van der Waals surface area contributed by atoms with Crippen LogP contribution in [0, 0.1) is 0 Å². The third-order valence-corrected chi connectivity index (χ3v) is 5.19. The van der Waals surface area contributed by atoms with E-state index in [4.69, 9.17) is 10.5 Å². The molecule has 0 spiro atoms. The van der Waals surface area contributed by atoms with Crippen molar-refractivity contribution in [1.82, 2.24) is 4.31 Å². The minimum absolute atomic E-state index is 0.0216. The highest BCUT2D eigenvalue weighted by Crippen LogP contribution is 2.27. The first-order valence-electron chi connectivity index (χ1n) is 7.26. The van der Waals surface area contributed by atoms with Crippen molar-refractivity contribution in [3.05, 3.63) is 24.3 Å². The molecule has 0 amide bonds. The lowest BCUT2D eigenvalue weighted by Crippen LogP contribution is -2.44. The highest BCUT2D eigenvalue weighted by molar-refractivity contribution is 7.90. The van der Waals surface area contributed by atoms with Gasteiger partial charge in [0.25, 0.3) is 0 Å². The molecule has 21 heavy (non-hydrogen) atoms. The van der Waals surface area contributed by atoms with Crippen molar-refractivity contribution < 1.29 is 13.2 Å². The van der Waals surface area contributed by atoms with E-state index in [1.54, 1.807) is 24.3 Å². The lowest BCUT2D eigenvalue weighted by Gasteiger charge is -2.32. The average molecular weight is 313 g/mol. The lowest BCUT2D eigenvalue weighted by molar-refractivity contribution is 0.270. The second kappa shape index (κ2) is 7.11. The van der Waals surface area contributed by atoms with Crippen LogP contribution in [-0.4, -0.2) is 38.5 Å². The summed E-state index contributed by atoms with van der Waals surface area (Å²) in [6.07, 6.45) is 2.87. The second-order valence-electron chi connectivity index (χ2n) is 5.20. The zero-order valence-electron chi connectivity index (χ0n) is 12.3. The fourth-order valence-electron chi connectivity index (χ4n) is 2.47. The van der Waals surface area contributed by atoms with E-state index in [0.717, 1.165) is 19.3 Å². The van der Waals surface area contributed by atoms with Crippen molar-refractivity contribution in [2.24, 2.45) is 5.73 Å². The van der Waals surface area contributed by atoms with Gasteiger partial charge in [-0.2, -0.15) is 12.7 Å². The Morgan fingerprint density at radius 3 is 2.86 bits per heavy atom. The minimum Gasteiger partial charge on any atom is -0.490 e. The molecule has 0 radical (unpaired) electrons. The molecule has 1 aliphatic heterocycles. The van der Waals surface area contributed by atoms with Gasteiger partial charge in [-0.3, -0.25) is 4.72 Å². The van der Waals surface area contributed by atoms with Crippen molar-refractivity contribution in [1.29, 1.82) is 0 Å². The highest BCUT2D eigenvalue weighted by atomic mass is 32.2. The monoisotopic (exact) mass is 313 g/mol. The lowest BCUT2D eigenvalue weighted by atomic mass is 10.1. The van der Waals surface area contributed by atoms with Crippen molar-refractivity contribution >= 4 is 15.9 Å². The number of ether oxygens (including phenoxy) is 1. The van der Waals surface area contributed by atoms with Crippen LogP contribution in [-0.2, 0) is 10.2 Å². The molecule has 2 rings (SSSR count). The number of hydrogen-bond acceptors (Lipinski definition) is 4. The minimum atomic E-state index is -3.56. The van der Waals surface area contributed by atoms with E-state index < -0.39 is 10.2 Å². The predicted molar refractivity (Wildman–Crippen MR) is 83.6 cm³/mol. The molecule has 1 unspecified atom stereocenters. The number of benzene rings is 1. The Labute approximate surface area is 126 Å². The van der Waals surface area contributed by atoms with E-state index in [-0.39, 0.29) is 6.04 Å². The first-order chi connectivity index (χ1) is 10.0. The van der Waals surface area contributed by atoms with Crippen LogP contribution < -0.4 is 15.2 Å². The fourth-order valence-corrected chi connectivity index (χ4v) is 3.98. The molecule has 1 atom stereocenters. The summed E-state index contributed by atoms with van der Waals surface area (Å²) in [5.41, 5.74) is 5.86. The van der Waals surface area contributed by atoms with Crippen molar-refractivity contribution in [2.45, 2.75) is 32.2 Å². The quantitative estimate of drug-likeness (QED) is 0.834. The third-order valence-electron chi connectivity index (χ3n) is 3.55. The van der Waals surface area contributed by atoms with Gasteiger partial charge in [-0.1, -0.05) is 18.6 Å². The molecule has 1 aromatic rings. The number of para-hydroxylation sites is 2. The smallest absolute Gasteiger partial charge is 0.302 e. The maximum atomic E-state index is 12.5. The standard InChI is InChI=1S/C14H23N3O3S/c1-12-6-4-5-10-17(12)21(18,19)16-13-7-2-3-8-14(13)20-11-9-15/h2-3,7-8,12,16H,4-6,9-11,15H2,1H3. The van der Waals surface area contributed by atoms with Gasteiger partial charge >= 0.3 is 10.2 Å². The van der Waals surface area contributed by atoms with Crippen LogP contribution in [0.15, 0.2) is 24.3 Å². The maximum Gasteiger partial charge on any atom is 0.302 e. The summed E-state index contributed by atoms with van der Waals surface area (Å²) in [6.45, 7) is 3.22. The van der Waals surface area contributed by atoms with Gasteiger partial charge in [0.15, 0.2) is 0 Å². The van der Waals surface area contributed by atoms with Crippen LogP contribution in [0.2, 0.25) is 0 Å². The average Bonchev–Trinajstić information content (AvgIpc) is 2.46. The van der Waals surface area contributed by atoms with Crippen molar-refractivity contribution in [3.63, 3.8) is 0 Å².